The number of carbonyl (C=O) groups excluding carboxylic acids is 1. The summed E-state index contributed by atoms with van der Waals surface area (Å²) in [5.41, 5.74) is 0.469. The fourth-order valence-electron chi connectivity index (χ4n) is 1.01. The van der Waals surface area contributed by atoms with E-state index in [0.29, 0.717) is 31.3 Å². The predicted octanol–water partition coefficient (Wildman–Crippen LogP) is 0.785. The van der Waals surface area contributed by atoms with Crippen molar-refractivity contribution >= 4 is 17.5 Å². The first-order valence-electron chi connectivity index (χ1n) is 4.76. The summed E-state index contributed by atoms with van der Waals surface area (Å²) in [4.78, 5) is 11.4. The Hall–Kier alpha value is -1.07. The van der Waals surface area contributed by atoms with Crippen LogP contribution in [0.4, 0.5) is 0 Å². The summed E-state index contributed by atoms with van der Waals surface area (Å²) in [7, 11) is 0. The van der Waals surface area contributed by atoms with Crippen molar-refractivity contribution in [1.29, 1.82) is 0 Å². The van der Waals surface area contributed by atoms with Gasteiger partial charge in [0.15, 0.2) is 0 Å². The molecule has 1 heterocycles. The van der Waals surface area contributed by atoms with Crippen LogP contribution in [0.3, 0.4) is 0 Å². The first-order valence-corrected chi connectivity index (χ1v) is 5.29. The maximum Gasteiger partial charge on any atom is 0.269 e. The molecule has 1 amide bonds. The summed E-state index contributed by atoms with van der Waals surface area (Å²) < 4.78 is 5.15. The molecule has 0 aliphatic rings. The third-order valence-electron chi connectivity index (χ3n) is 1.72. The lowest BCUT2D eigenvalue weighted by Crippen LogP contribution is -2.25. The number of halogens is 1. The minimum Gasteiger partial charge on any atom is -0.380 e. The molecule has 2 N–H and O–H groups in total. The molecule has 0 aliphatic carbocycles. The standard InChI is InChI=1S/C9H14ClN3O2/c10-3-7-15-6-1-4-11-9(14)8-2-5-12-13-8/h2,5H,1,3-4,6-7H2,(H,11,14)(H,12,13). The molecule has 0 bridgehead atoms. The molecule has 1 aromatic heterocycles. The first kappa shape index (κ1) is 12.0. The van der Waals surface area contributed by atoms with Crippen molar-refractivity contribution in [3.63, 3.8) is 0 Å². The number of hydrogen-bond acceptors (Lipinski definition) is 3. The monoisotopic (exact) mass is 231 g/mol. The van der Waals surface area contributed by atoms with E-state index in [9.17, 15) is 4.79 Å². The zero-order chi connectivity index (χ0) is 10.9. The van der Waals surface area contributed by atoms with Crippen LogP contribution in [0.25, 0.3) is 0 Å². The zero-order valence-electron chi connectivity index (χ0n) is 8.33. The highest BCUT2D eigenvalue weighted by Gasteiger charge is 2.04. The summed E-state index contributed by atoms with van der Waals surface area (Å²) in [5, 5.41) is 9.01. The summed E-state index contributed by atoms with van der Waals surface area (Å²) >= 11 is 5.43. The quantitative estimate of drug-likeness (QED) is 0.539. The number of rotatable bonds is 7. The molecule has 0 fully saturated rings. The van der Waals surface area contributed by atoms with Crippen molar-refractivity contribution < 1.29 is 9.53 Å². The number of carbonyl (C=O) groups is 1. The minimum absolute atomic E-state index is 0.148. The van der Waals surface area contributed by atoms with Gasteiger partial charge in [-0.3, -0.25) is 9.89 Å². The summed E-state index contributed by atoms with van der Waals surface area (Å²) in [6.45, 7) is 1.74. The second-order valence-corrected chi connectivity index (χ2v) is 3.26. The normalized spacial score (nSPS) is 10.2. The molecule has 0 atom stereocenters. The van der Waals surface area contributed by atoms with Gasteiger partial charge in [-0.15, -0.1) is 11.6 Å². The van der Waals surface area contributed by atoms with E-state index in [-0.39, 0.29) is 5.91 Å². The average molecular weight is 232 g/mol. The fourth-order valence-corrected chi connectivity index (χ4v) is 1.12. The Morgan fingerprint density at radius 3 is 3.13 bits per heavy atom. The first-order chi connectivity index (χ1) is 7.34. The van der Waals surface area contributed by atoms with Crippen LogP contribution in [0.1, 0.15) is 16.9 Å². The van der Waals surface area contributed by atoms with E-state index in [1.165, 1.54) is 0 Å². The van der Waals surface area contributed by atoms with Crippen molar-refractivity contribution in [3.05, 3.63) is 18.0 Å². The van der Waals surface area contributed by atoms with Crippen LogP contribution in [0.5, 0.6) is 0 Å². The smallest absolute Gasteiger partial charge is 0.269 e. The molecular weight excluding hydrogens is 218 g/mol. The highest BCUT2D eigenvalue weighted by Crippen LogP contribution is 1.91. The van der Waals surface area contributed by atoms with Crippen LogP contribution in [-0.2, 0) is 4.74 Å². The molecule has 0 saturated heterocycles. The highest BCUT2D eigenvalue weighted by atomic mass is 35.5. The lowest BCUT2D eigenvalue weighted by atomic mass is 10.4. The van der Waals surface area contributed by atoms with Gasteiger partial charge in [-0.05, 0) is 12.5 Å². The maximum absolute atomic E-state index is 11.4. The fraction of sp³-hybridized carbons (Fsp3) is 0.556. The van der Waals surface area contributed by atoms with Crippen LogP contribution in [0.2, 0.25) is 0 Å². The van der Waals surface area contributed by atoms with Crippen LogP contribution < -0.4 is 5.32 Å². The molecule has 0 radical (unpaired) electrons. The van der Waals surface area contributed by atoms with Gasteiger partial charge in [-0.2, -0.15) is 5.10 Å². The van der Waals surface area contributed by atoms with Gasteiger partial charge < -0.3 is 10.1 Å². The number of amides is 1. The second-order valence-electron chi connectivity index (χ2n) is 2.88. The Balaban J connectivity index is 2.03. The molecule has 0 aliphatic heterocycles. The Morgan fingerprint density at radius 1 is 1.60 bits per heavy atom. The predicted molar refractivity (Wildman–Crippen MR) is 57.1 cm³/mol. The van der Waals surface area contributed by atoms with Crippen LogP contribution >= 0.6 is 11.6 Å². The van der Waals surface area contributed by atoms with Gasteiger partial charge in [0, 0.05) is 25.2 Å². The van der Waals surface area contributed by atoms with Crippen LogP contribution in [0, 0.1) is 0 Å². The van der Waals surface area contributed by atoms with E-state index in [1.54, 1.807) is 12.3 Å². The molecule has 1 aromatic rings. The number of nitrogens with one attached hydrogen (secondary N) is 2. The van der Waals surface area contributed by atoms with Crippen molar-refractivity contribution in [3.8, 4) is 0 Å². The lowest BCUT2D eigenvalue weighted by Gasteiger charge is -2.03. The third kappa shape index (κ3) is 4.80. The van der Waals surface area contributed by atoms with Gasteiger partial charge in [0.25, 0.3) is 5.91 Å². The van der Waals surface area contributed by atoms with Gasteiger partial charge >= 0.3 is 0 Å². The number of hydrogen-bond donors (Lipinski definition) is 2. The number of nitrogens with zero attached hydrogens (tertiary/aromatic N) is 1. The van der Waals surface area contributed by atoms with Crippen molar-refractivity contribution in [1.82, 2.24) is 15.5 Å². The molecule has 0 unspecified atom stereocenters. The maximum atomic E-state index is 11.4. The van der Waals surface area contributed by atoms with Gasteiger partial charge in [-0.1, -0.05) is 0 Å². The van der Waals surface area contributed by atoms with Crippen LogP contribution in [-0.4, -0.2) is 41.7 Å². The number of alkyl halides is 1. The number of aromatic nitrogens is 2. The molecule has 6 heteroatoms. The molecule has 5 nitrogen and oxygen atoms in total. The van der Waals surface area contributed by atoms with E-state index in [0.717, 1.165) is 6.42 Å². The van der Waals surface area contributed by atoms with Crippen molar-refractivity contribution in [2.45, 2.75) is 6.42 Å². The SMILES string of the molecule is O=C(NCCCOCCCl)c1ccn[nH]1. The van der Waals surface area contributed by atoms with E-state index in [4.69, 9.17) is 16.3 Å². The lowest BCUT2D eigenvalue weighted by molar-refractivity contribution is 0.0939. The van der Waals surface area contributed by atoms with Gasteiger partial charge in [0.05, 0.1) is 6.61 Å². The third-order valence-corrected chi connectivity index (χ3v) is 1.87. The summed E-state index contributed by atoms with van der Waals surface area (Å²) in [6.07, 6.45) is 2.31. The van der Waals surface area contributed by atoms with Crippen LogP contribution in [0.15, 0.2) is 12.3 Å². The second kappa shape index (κ2) is 7.25. The zero-order valence-corrected chi connectivity index (χ0v) is 9.09. The largest absolute Gasteiger partial charge is 0.380 e. The minimum atomic E-state index is -0.148. The summed E-state index contributed by atoms with van der Waals surface area (Å²) in [6, 6.07) is 1.62. The molecular formula is C9H14ClN3O2. The molecule has 1 rings (SSSR count). The van der Waals surface area contributed by atoms with E-state index >= 15 is 0 Å². The summed E-state index contributed by atoms with van der Waals surface area (Å²) in [5.74, 6) is 0.352. The van der Waals surface area contributed by atoms with Gasteiger partial charge in [0.1, 0.15) is 5.69 Å². The van der Waals surface area contributed by atoms with Gasteiger partial charge in [0.2, 0.25) is 0 Å². The Labute approximate surface area is 93.1 Å². The van der Waals surface area contributed by atoms with E-state index in [2.05, 4.69) is 15.5 Å². The Kier molecular flexibility index (Phi) is 5.80. The number of H-pyrrole nitrogens is 1. The topological polar surface area (TPSA) is 67.0 Å². The average Bonchev–Trinajstić information content (AvgIpc) is 2.76. The number of ether oxygens (including phenoxy) is 1. The van der Waals surface area contributed by atoms with E-state index in [1.807, 2.05) is 0 Å². The molecule has 0 spiro atoms. The Bertz CT molecular complexity index is 277. The highest BCUT2D eigenvalue weighted by molar-refractivity contribution is 6.17. The molecule has 0 aromatic carbocycles. The van der Waals surface area contributed by atoms with Crippen molar-refractivity contribution in [2.75, 3.05) is 25.6 Å². The molecule has 84 valence electrons. The Morgan fingerprint density at radius 2 is 2.47 bits per heavy atom. The number of aromatic amines is 1. The molecule has 15 heavy (non-hydrogen) atoms. The van der Waals surface area contributed by atoms with Crippen molar-refractivity contribution in [2.24, 2.45) is 0 Å². The van der Waals surface area contributed by atoms with Gasteiger partial charge in [-0.25, -0.2) is 0 Å². The molecule has 0 saturated carbocycles. The van der Waals surface area contributed by atoms with E-state index < -0.39 is 0 Å².